The van der Waals surface area contributed by atoms with E-state index in [0.717, 1.165) is 6.07 Å². The molecule has 8 heteroatoms. The average Bonchev–Trinajstić information content (AvgIpc) is 2.35. The Morgan fingerprint density at radius 3 is 2.21 bits per heavy atom. The van der Waals surface area contributed by atoms with Crippen LogP contribution in [-0.2, 0) is 26.8 Å². The van der Waals surface area contributed by atoms with E-state index in [9.17, 15) is 14.4 Å². The molecule has 0 aromatic carbocycles. The number of nitrogens with zero attached hydrogens (tertiary/aromatic N) is 1. The molecule has 0 unspecified atom stereocenters. The molecule has 0 spiro atoms. The fourth-order valence-corrected chi connectivity index (χ4v) is 2.08. The molecule has 1 saturated heterocycles. The van der Waals surface area contributed by atoms with E-state index >= 15 is 0 Å². The van der Waals surface area contributed by atoms with Crippen LogP contribution in [0.5, 0.6) is 0 Å². The Bertz CT molecular complexity index is 659. The molecule has 2 rings (SSSR count). The SMILES string of the molecule is COC(=O)c1cc(=O)n(C2CNC2)cc1C(=O)OC(C)(C)C.[CH3-].[Cr]. The van der Waals surface area contributed by atoms with Gasteiger partial charge in [0.1, 0.15) is 5.60 Å². The Labute approximate surface area is 152 Å². The van der Waals surface area contributed by atoms with Gasteiger partial charge in [-0.05, 0) is 20.8 Å². The van der Waals surface area contributed by atoms with Crippen molar-refractivity contribution < 1.29 is 36.4 Å². The molecule has 24 heavy (non-hydrogen) atoms. The second-order valence-electron chi connectivity index (χ2n) is 6.15. The summed E-state index contributed by atoms with van der Waals surface area (Å²) in [5, 5.41) is 3.05. The average molecular weight is 375 g/mol. The second-order valence-corrected chi connectivity index (χ2v) is 6.15. The van der Waals surface area contributed by atoms with Gasteiger partial charge in [0.2, 0.25) is 0 Å². The maximum atomic E-state index is 12.3. The van der Waals surface area contributed by atoms with Crippen molar-refractivity contribution in [2.75, 3.05) is 20.2 Å². The number of hydrogen-bond acceptors (Lipinski definition) is 6. The molecule has 0 bridgehead atoms. The normalized spacial score (nSPS) is 13.8. The molecule has 1 aliphatic rings. The summed E-state index contributed by atoms with van der Waals surface area (Å²) in [6, 6.07) is 1.10. The first-order valence-electron chi connectivity index (χ1n) is 7.01. The van der Waals surface area contributed by atoms with Gasteiger partial charge in [-0.15, -0.1) is 0 Å². The van der Waals surface area contributed by atoms with Crippen molar-refractivity contribution in [3.8, 4) is 0 Å². The van der Waals surface area contributed by atoms with Gasteiger partial charge in [-0.1, -0.05) is 0 Å². The summed E-state index contributed by atoms with van der Waals surface area (Å²) in [5.74, 6) is -1.40. The van der Waals surface area contributed by atoms with Crippen molar-refractivity contribution in [3.63, 3.8) is 0 Å². The number of ether oxygens (including phenoxy) is 2. The summed E-state index contributed by atoms with van der Waals surface area (Å²) in [4.78, 5) is 36.3. The quantitative estimate of drug-likeness (QED) is 0.631. The molecule has 0 radical (unpaired) electrons. The molecule has 134 valence electrons. The number of nitrogens with one attached hydrogen (secondary N) is 1. The first kappa shape index (κ1) is 22.4. The van der Waals surface area contributed by atoms with Crippen LogP contribution in [0.25, 0.3) is 0 Å². The van der Waals surface area contributed by atoms with Gasteiger partial charge in [-0.25, -0.2) is 9.59 Å². The van der Waals surface area contributed by atoms with E-state index in [4.69, 9.17) is 4.74 Å². The third kappa shape index (κ3) is 4.94. The molecule has 1 fully saturated rings. The first-order valence-corrected chi connectivity index (χ1v) is 7.01. The molecule has 0 atom stereocenters. The largest absolute Gasteiger partial charge is 0.465 e. The van der Waals surface area contributed by atoms with Crippen LogP contribution in [0.15, 0.2) is 17.1 Å². The van der Waals surface area contributed by atoms with Gasteiger partial charge in [-0.3, -0.25) is 4.79 Å². The van der Waals surface area contributed by atoms with Crippen LogP contribution in [-0.4, -0.2) is 42.3 Å². The maximum absolute atomic E-state index is 12.3. The van der Waals surface area contributed by atoms with Crippen LogP contribution >= 0.6 is 0 Å². The molecule has 0 aliphatic carbocycles. The number of carbonyl (C=O) groups excluding carboxylic acids is 2. The van der Waals surface area contributed by atoms with Crippen LogP contribution in [0.1, 0.15) is 47.5 Å². The monoisotopic (exact) mass is 375 g/mol. The molecule has 1 aliphatic heterocycles. The van der Waals surface area contributed by atoms with Gasteiger partial charge >= 0.3 is 11.9 Å². The molecular weight excluding hydrogens is 352 g/mol. The third-order valence-electron chi connectivity index (χ3n) is 3.26. The Morgan fingerprint density at radius 2 is 1.79 bits per heavy atom. The molecule has 0 saturated carbocycles. The van der Waals surface area contributed by atoms with Crippen molar-refractivity contribution >= 4 is 11.9 Å². The summed E-state index contributed by atoms with van der Waals surface area (Å²) < 4.78 is 11.4. The Kier molecular flexibility index (Phi) is 7.90. The molecule has 1 N–H and O–H groups in total. The van der Waals surface area contributed by atoms with E-state index in [-0.39, 0.29) is 47.5 Å². The number of rotatable bonds is 3. The number of pyridine rings is 1. The zero-order valence-corrected chi connectivity index (χ0v) is 15.8. The summed E-state index contributed by atoms with van der Waals surface area (Å²) >= 11 is 0. The first-order chi connectivity index (χ1) is 10.2. The van der Waals surface area contributed by atoms with E-state index in [1.165, 1.54) is 17.9 Å². The number of esters is 2. The summed E-state index contributed by atoms with van der Waals surface area (Å²) in [5.41, 5.74) is -1.10. The van der Waals surface area contributed by atoms with E-state index in [2.05, 4.69) is 10.1 Å². The summed E-state index contributed by atoms with van der Waals surface area (Å²) in [6.07, 6.45) is 1.38. The molecular formula is C16H23CrN2O5-. The molecule has 1 aromatic rings. The zero-order chi connectivity index (χ0) is 16.5. The smallest absolute Gasteiger partial charge is 0.341 e. The zero-order valence-electron chi connectivity index (χ0n) is 14.5. The minimum atomic E-state index is -0.739. The third-order valence-corrected chi connectivity index (χ3v) is 3.26. The predicted molar refractivity (Wildman–Crippen MR) is 85.5 cm³/mol. The van der Waals surface area contributed by atoms with Crippen molar-refractivity contribution in [1.82, 2.24) is 9.88 Å². The van der Waals surface area contributed by atoms with Gasteiger partial charge in [0, 0.05) is 42.7 Å². The Morgan fingerprint density at radius 1 is 1.21 bits per heavy atom. The van der Waals surface area contributed by atoms with Gasteiger partial charge in [0.05, 0.1) is 24.3 Å². The van der Waals surface area contributed by atoms with Crippen LogP contribution in [0.2, 0.25) is 0 Å². The second kappa shape index (κ2) is 8.47. The van der Waals surface area contributed by atoms with E-state index < -0.39 is 17.5 Å². The van der Waals surface area contributed by atoms with Crippen molar-refractivity contribution in [2.45, 2.75) is 32.4 Å². The van der Waals surface area contributed by atoms with Gasteiger partial charge in [-0.2, -0.15) is 0 Å². The summed E-state index contributed by atoms with van der Waals surface area (Å²) in [6.45, 7) is 6.48. The summed E-state index contributed by atoms with van der Waals surface area (Å²) in [7, 11) is 1.20. The van der Waals surface area contributed by atoms with Crippen molar-refractivity contribution in [1.29, 1.82) is 0 Å². The minimum absolute atomic E-state index is 0. The minimum Gasteiger partial charge on any atom is -0.465 e. The van der Waals surface area contributed by atoms with Crippen LogP contribution in [0.4, 0.5) is 0 Å². The number of carbonyl (C=O) groups is 2. The maximum Gasteiger partial charge on any atom is 0.341 e. The van der Waals surface area contributed by atoms with Gasteiger partial charge in [0.25, 0.3) is 5.56 Å². The standard InChI is InChI=1S/C15H20N2O5.CH3.Cr/c1-15(2,3)22-14(20)11-8-17(9-6-16-7-9)12(18)5-10(11)13(19)21-4;;/h5,8-9,16H,6-7H2,1-4H3;1H3;/q;-1;. The molecule has 2 heterocycles. The number of hydrogen-bond donors (Lipinski definition) is 1. The van der Waals surface area contributed by atoms with Gasteiger partial charge < -0.3 is 26.8 Å². The van der Waals surface area contributed by atoms with Crippen LogP contribution in [0.3, 0.4) is 0 Å². The predicted octanol–water partition coefficient (Wildman–Crippen LogP) is 1.18. The van der Waals surface area contributed by atoms with Crippen molar-refractivity contribution in [2.24, 2.45) is 0 Å². The Hall–Kier alpha value is -1.62. The van der Waals surface area contributed by atoms with Crippen molar-refractivity contribution in [3.05, 3.63) is 41.2 Å². The van der Waals surface area contributed by atoms with Crippen LogP contribution in [0, 0.1) is 7.43 Å². The number of methoxy groups -OCH3 is 1. The Balaban J connectivity index is 0.00000264. The fraction of sp³-hybridized carbons (Fsp3) is 0.500. The van der Waals surface area contributed by atoms with Gasteiger partial charge in [0.15, 0.2) is 0 Å². The molecule has 7 nitrogen and oxygen atoms in total. The van der Waals surface area contributed by atoms with Crippen LogP contribution < -0.4 is 10.9 Å². The van der Waals surface area contributed by atoms with E-state index in [0.29, 0.717) is 13.1 Å². The molecule has 1 aromatic heterocycles. The van der Waals surface area contributed by atoms with E-state index in [1.807, 2.05) is 0 Å². The van der Waals surface area contributed by atoms with E-state index in [1.54, 1.807) is 20.8 Å². The number of aromatic nitrogens is 1. The molecule has 0 amide bonds. The fourth-order valence-electron chi connectivity index (χ4n) is 2.08. The topological polar surface area (TPSA) is 86.6 Å².